The first-order valence-electron chi connectivity index (χ1n) is 2.92. The molecule has 0 N–H and O–H groups in total. The minimum Gasteiger partial charge on any atom is -0.223 e. The lowest BCUT2D eigenvalue weighted by Crippen LogP contribution is -1.86. The van der Waals surface area contributed by atoms with E-state index in [9.17, 15) is 0 Å². The topological polar surface area (TPSA) is 51.8 Å². The third-order valence-electron chi connectivity index (χ3n) is 1.32. The highest BCUT2D eigenvalue weighted by Crippen LogP contribution is 2.18. The summed E-state index contributed by atoms with van der Waals surface area (Å²) in [5.74, 6) is 0. The van der Waals surface area contributed by atoms with Crippen LogP contribution in [-0.2, 0) is 0 Å². The zero-order valence-electron chi connectivity index (χ0n) is 5.40. The molecule has 0 unspecified atom stereocenters. The predicted molar refractivity (Wildman–Crippen MR) is 33.5 cm³/mol. The Morgan fingerprint density at radius 2 is 2.10 bits per heavy atom. The van der Waals surface area contributed by atoms with Gasteiger partial charge in [-0.15, -0.1) is 5.10 Å². The van der Waals surface area contributed by atoms with Crippen molar-refractivity contribution in [2.24, 2.45) is 0 Å². The van der Waals surface area contributed by atoms with Crippen LogP contribution in [0.4, 0.5) is 0 Å². The first-order valence-corrected chi connectivity index (χ1v) is 2.92. The van der Waals surface area contributed by atoms with Crippen molar-refractivity contribution in [1.82, 2.24) is 15.5 Å². The van der Waals surface area contributed by atoms with Crippen molar-refractivity contribution in [1.29, 1.82) is 0 Å². The Morgan fingerprint density at radius 1 is 1.30 bits per heavy atom. The average molecular weight is 135 g/mol. The molecule has 0 amide bonds. The summed E-state index contributed by atoms with van der Waals surface area (Å²) in [6.45, 7) is 1.98. The molecule has 0 atom stereocenters. The van der Waals surface area contributed by atoms with E-state index in [2.05, 4.69) is 20.2 Å². The van der Waals surface area contributed by atoms with Crippen molar-refractivity contribution >= 4 is 0 Å². The lowest BCUT2D eigenvalue weighted by Gasteiger charge is -1.86. The third kappa shape index (κ3) is 0.655. The predicted octanol–water partition coefficient (Wildman–Crippen LogP) is 0.878. The Labute approximate surface area is 57.2 Å². The van der Waals surface area contributed by atoms with Crippen LogP contribution >= 0.6 is 0 Å². The largest absolute Gasteiger partial charge is 0.223 e. The minimum atomic E-state index is 0.757. The molecular formula is C6H5N3O. The van der Waals surface area contributed by atoms with E-state index in [-0.39, 0.29) is 0 Å². The van der Waals surface area contributed by atoms with Crippen molar-refractivity contribution in [3.8, 4) is 11.4 Å². The van der Waals surface area contributed by atoms with E-state index < -0.39 is 0 Å². The molecule has 4 heteroatoms. The van der Waals surface area contributed by atoms with Crippen LogP contribution in [0, 0.1) is 6.92 Å². The zero-order valence-corrected chi connectivity index (χ0v) is 5.40. The van der Waals surface area contributed by atoms with E-state index >= 15 is 0 Å². The third-order valence-corrected chi connectivity index (χ3v) is 1.32. The molecule has 0 saturated heterocycles. The van der Waals surface area contributed by atoms with Crippen LogP contribution in [-0.4, -0.2) is 15.5 Å². The normalized spacial score (nSPS) is 10.5. The van der Waals surface area contributed by atoms with Crippen LogP contribution in [0.1, 0.15) is 5.56 Å². The molecule has 0 radical (unpaired) electrons. The Bertz CT molecular complexity index is 287. The number of aryl methyl sites for hydroxylation is 1. The van der Waals surface area contributed by atoms with Crippen molar-refractivity contribution in [3.05, 3.63) is 17.7 Å². The second-order valence-electron chi connectivity index (χ2n) is 2.16. The quantitative estimate of drug-likeness (QED) is 0.538. The zero-order chi connectivity index (χ0) is 6.97. The molecule has 50 valence electrons. The van der Waals surface area contributed by atoms with Gasteiger partial charge >= 0.3 is 0 Å². The summed E-state index contributed by atoms with van der Waals surface area (Å²) in [5, 5.41) is 10.7. The molecule has 0 aromatic heterocycles. The second-order valence-corrected chi connectivity index (χ2v) is 2.16. The SMILES string of the molecule is Cc1cc2nnonc-2c1. The van der Waals surface area contributed by atoms with E-state index in [0.717, 1.165) is 17.0 Å². The molecule has 0 spiro atoms. The maximum Gasteiger partial charge on any atom is 0.134 e. The number of hydrogen-bond donors (Lipinski definition) is 0. The Hall–Kier alpha value is -1.45. The van der Waals surface area contributed by atoms with E-state index in [1.54, 1.807) is 0 Å². The molecule has 0 saturated carbocycles. The maximum absolute atomic E-state index is 4.39. The molecule has 1 heterocycles. The fraction of sp³-hybridized carbons (Fsp3) is 0.167. The molecule has 1 aliphatic carbocycles. The monoisotopic (exact) mass is 135 g/mol. The van der Waals surface area contributed by atoms with Gasteiger partial charge in [0.15, 0.2) is 0 Å². The molecule has 2 rings (SSSR count). The van der Waals surface area contributed by atoms with Gasteiger partial charge in [-0.1, -0.05) is 0 Å². The molecule has 0 aromatic carbocycles. The van der Waals surface area contributed by atoms with Crippen LogP contribution in [0.3, 0.4) is 0 Å². The summed E-state index contributed by atoms with van der Waals surface area (Å²) in [5.41, 5.74) is 2.66. The van der Waals surface area contributed by atoms with Gasteiger partial charge in [-0.2, -0.15) is 0 Å². The van der Waals surface area contributed by atoms with Crippen LogP contribution in [0.25, 0.3) is 11.4 Å². The highest BCUT2D eigenvalue weighted by atomic mass is 16.6. The van der Waals surface area contributed by atoms with Gasteiger partial charge in [0.25, 0.3) is 0 Å². The number of hydrogen-bond acceptors (Lipinski definition) is 4. The summed E-state index contributed by atoms with van der Waals surface area (Å²) in [6, 6.07) is 3.80. The summed E-state index contributed by atoms with van der Waals surface area (Å²) < 4.78 is 4.39. The number of aromatic nitrogens is 3. The summed E-state index contributed by atoms with van der Waals surface area (Å²) in [6.07, 6.45) is 0. The summed E-state index contributed by atoms with van der Waals surface area (Å²) >= 11 is 0. The lowest BCUT2D eigenvalue weighted by atomic mass is 10.4. The van der Waals surface area contributed by atoms with Gasteiger partial charge < -0.3 is 0 Å². The molecule has 4 nitrogen and oxygen atoms in total. The van der Waals surface area contributed by atoms with Gasteiger partial charge in [0.05, 0.1) is 5.27 Å². The van der Waals surface area contributed by atoms with Gasteiger partial charge in [0.1, 0.15) is 11.4 Å². The summed E-state index contributed by atoms with van der Waals surface area (Å²) in [4.78, 5) is 0. The maximum atomic E-state index is 4.39. The minimum absolute atomic E-state index is 0.757. The fourth-order valence-corrected chi connectivity index (χ4v) is 0.899. The molecule has 10 heavy (non-hydrogen) atoms. The summed E-state index contributed by atoms with van der Waals surface area (Å²) in [7, 11) is 0. The van der Waals surface area contributed by atoms with Crippen LogP contribution in [0.5, 0.6) is 0 Å². The van der Waals surface area contributed by atoms with Gasteiger partial charge in [0.2, 0.25) is 0 Å². The molecule has 1 aliphatic heterocycles. The molecular weight excluding hydrogens is 130 g/mol. The van der Waals surface area contributed by atoms with E-state index in [1.165, 1.54) is 0 Å². The molecule has 0 bridgehead atoms. The fourth-order valence-electron chi connectivity index (χ4n) is 0.899. The first kappa shape index (κ1) is 5.34. The van der Waals surface area contributed by atoms with Crippen molar-refractivity contribution < 1.29 is 4.63 Å². The first-order chi connectivity index (χ1) is 4.86. The van der Waals surface area contributed by atoms with Crippen molar-refractivity contribution in [2.75, 3.05) is 0 Å². The van der Waals surface area contributed by atoms with E-state index in [1.807, 2.05) is 19.1 Å². The standard InChI is InChI=1S/C6H5N3O/c1-4-2-5-6(3-4)8-10-9-7-5/h2-3H,1H3. The van der Waals surface area contributed by atoms with Crippen LogP contribution in [0.2, 0.25) is 0 Å². The number of rotatable bonds is 0. The Balaban J connectivity index is 2.76. The van der Waals surface area contributed by atoms with E-state index in [4.69, 9.17) is 0 Å². The van der Waals surface area contributed by atoms with Gasteiger partial charge in [-0.05, 0) is 29.8 Å². The number of nitrogens with zero attached hydrogens (tertiary/aromatic N) is 3. The highest BCUT2D eigenvalue weighted by Gasteiger charge is 2.06. The lowest BCUT2D eigenvalue weighted by molar-refractivity contribution is 0.255. The average Bonchev–Trinajstić information content (AvgIpc) is 2.27. The second kappa shape index (κ2) is 1.76. The van der Waals surface area contributed by atoms with Crippen molar-refractivity contribution in [3.63, 3.8) is 0 Å². The van der Waals surface area contributed by atoms with Gasteiger partial charge in [0, 0.05) is 0 Å². The van der Waals surface area contributed by atoms with Crippen molar-refractivity contribution in [2.45, 2.75) is 6.92 Å². The number of fused-ring (bicyclic) bond motifs is 1. The highest BCUT2D eigenvalue weighted by molar-refractivity contribution is 5.58. The molecule has 0 aromatic rings. The van der Waals surface area contributed by atoms with Gasteiger partial charge in [-0.25, -0.2) is 4.63 Å². The van der Waals surface area contributed by atoms with Crippen LogP contribution in [0.15, 0.2) is 16.8 Å². The van der Waals surface area contributed by atoms with E-state index in [0.29, 0.717) is 0 Å². The molecule has 0 fully saturated rings. The van der Waals surface area contributed by atoms with Gasteiger partial charge in [-0.3, -0.25) is 0 Å². The van der Waals surface area contributed by atoms with Crippen LogP contribution < -0.4 is 0 Å². The Morgan fingerprint density at radius 3 is 2.90 bits per heavy atom. The molecule has 2 aliphatic rings. The smallest absolute Gasteiger partial charge is 0.134 e. The Kier molecular flexibility index (Phi) is 0.943.